The molecule has 24 heavy (non-hydrogen) atoms. The predicted octanol–water partition coefficient (Wildman–Crippen LogP) is 4.12. The number of thiocarbonyl (C=S) groups is 1. The van der Waals surface area contributed by atoms with Crippen molar-refractivity contribution in [1.82, 2.24) is 5.32 Å². The zero-order valence-corrected chi connectivity index (χ0v) is 15.4. The Balaban J connectivity index is 1.86. The Morgan fingerprint density at radius 1 is 1.21 bits per heavy atom. The van der Waals surface area contributed by atoms with E-state index in [4.69, 9.17) is 12.2 Å². The summed E-state index contributed by atoms with van der Waals surface area (Å²) in [5.41, 5.74) is 2.01. The fourth-order valence-electron chi connectivity index (χ4n) is 2.20. The van der Waals surface area contributed by atoms with Crippen LogP contribution in [0.25, 0.3) is 6.08 Å². The van der Waals surface area contributed by atoms with Crippen LogP contribution in [0.2, 0.25) is 0 Å². The minimum Gasteiger partial charge on any atom is -0.372 e. The Morgan fingerprint density at radius 2 is 1.92 bits per heavy atom. The molecule has 1 amide bonds. The van der Waals surface area contributed by atoms with Crippen LogP contribution < -0.4 is 15.5 Å². The average molecular weight is 360 g/mol. The van der Waals surface area contributed by atoms with E-state index in [1.165, 1.54) is 11.8 Å². The lowest BCUT2D eigenvalue weighted by molar-refractivity contribution is -0.115. The minimum absolute atomic E-state index is 0.249. The highest BCUT2D eigenvalue weighted by atomic mass is 32.1. The van der Waals surface area contributed by atoms with Crippen LogP contribution >= 0.6 is 23.6 Å². The summed E-state index contributed by atoms with van der Waals surface area (Å²) < 4.78 is 0. The molecule has 1 heterocycles. The molecule has 0 saturated carbocycles. The van der Waals surface area contributed by atoms with Crippen LogP contribution in [0, 0.1) is 0 Å². The maximum atomic E-state index is 11.8. The summed E-state index contributed by atoms with van der Waals surface area (Å²) in [6, 6.07) is 11.9. The molecule has 2 rings (SSSR count). The van der Waals surface area contributed by atoms with Crippen LogP contribution in [0.4, 0.5) is 11.4 Å². The van der Waals surface area contributed by atoms with E-state index in [9.17, 15) is 4.79 Å². The normalized spacial score (nSPS) is 10.6. The van der Waals surface area contributed by atoms with Crippen molar-refractivity contribution < 1.29 is 4.79 Å². The van der Waals surface area contributed by atoms with Crippen molar-refractivity contribution in [2.24, 2.45) is 0 Å². The molecule has 0 spiro atoms. The third-order valence-electron chi connectivity index (χ3n) is 3.43. The standard InChI is InChI=1S/C18H21N3OS2/c1-3-21(4-2)15-9-7-14(8-10-15)19-18(23)20-17(22)12-11-16-6-5-13-24-16/h5-13H,3-4H2,1-2H3,(H2,19,20,22,23). The first kappa shape index (κ1) is 18.2. The highest BCUT2D eigenvalue weighted by molar-refractivity contribution is 7.80. The van der Waals surface area contributed by atoms with Gasteiger partial charge in [-0.3, -0.25) is 10.1 Å². The number of hydrogen-bond donors (Lipinski definition) is 2. The molecule has 0 aliphatic heterocycles. The maximum Gasteiger partial charge on any atom is 0.250 e. The van der Waals surface area contributed by atoms with Gasteiger partial charge < -0.3 is 10.2 Å². The van der Waals surface area contributed by atoms with Crippen molar-refractivity contribution in [2.45, 2.75) is 13.8 Å². The van der Waals surface area contributed by atoms with Crippen LogP contribution in [0.1, 0.15) is 18.7 Å². The second kappa shape index (κ2) is 9.20. The summed E-state index contributed by atoms with van der Waals surface area (Å²) in [5, 5.41) is 7.90. The summed E-state index contributed by atoms with van der Waals surface area (Å²) in [7, 11) is 0. The number of rotatable bonds is 6. The van der Waals surface area contributed by atoms with Gasteiger partial charge >= 0.3 is 0 Å². The van der Waals surface area contributed by atoms with Gasteiger partial charge in [0.05, 0.1) is 0 Å². The van der Waals surface area contributed by atoms with Crippen LogP contribution in [0.5, 0.6) is 0 Å². The van der Waals surface area contributed by atoms with Gasteiger partial charge in [0.2, 0.25) is 5.91 Å². The first-order valence-electron chi connectivity index (χ1n) is 7.81. The second-order valence-corrected chi connectivity index (χ2v) is 6.40. The molecule has 126 valence electrons. The number of carbonyl (C=O) groups excluding carboxylic acids is 1. The molecular weight excluding hydrogens is 338 g/mol. The molecule has 2 aromatic rings. The molecule has 1 aromatic heterocycles. The number of anilines is 2. The smallest absolute Gasteiger partial charge is 0.250 e. The van der Waals surface area contributed by atoms with Gasteiger partial charge in [-0.15, -0.1) is 11.3 Å². The van der Waals surface area contributed by atoms with Gasteiger partial charge in [0.15, 0.2) is 5.11 Å². The topological polar surface area (TPSA) is 44.4 Å². The Morgan fingerprint density at radius 3 is 2.50 bits per heavy atom. The first-order valence-corrected chi connectivity index (χ1v) is 9.09. The molecule has 0 fully saturated rings. The fraction of sp³-hybridized carbons (Fsp3) is 0.222. The molecule has 1 aromatic carbocycles. The number of carbonyl (C=O) groups is 1. The van der Waals surface area contributed by atoms with Gasteiger partial charge in [-0.25, -0.2) is 0 Å². The van der Waals surface area contributed by atoms with Crippen LogP contribution in [-0.2, 0) is 4.79 Å². The third kappa shape index (κ3) is 5.47. The van der Waals surface area contributed by atoms with Gasteiger partial charge in [0.1, 0.15) is 0 Å². The highest BCUT2D eigenvalue weighted by Crippen LogP contribution is 2.17. The average Bonchev–Trinajstić information content (AvgIpc) is 3.09. The van der Waals surface area contributed by atoms with Crippen LogP contribution in [0.3, 0.4) is 0 Å². The Bertz CT molecular complexity index is 690. The Hall–Kier alpha value is -2.18. The van der Waals surface area contributed by atoms with E-state index >= 15 is 0 Å². The number of thiophene rings is 1. The second-order valence-electron chi connectivity index (χ2n) is 5.01. The predicted molar refractivity (Wildman–Crippen MR) is 108 cm³/mol. The van der Waals surface area contributed by atoms with E-state index in [1.54, 1.807) is 17.4 Å². The van der Waals surface area contributed by atoms with E-state index in [0.717, 1.165) is 23.7 Å². The van der Waals surface area contributed by atoms with Crippen molar-refractivity contribution >= 4 is 52.0 Å². The first-order chi connectivity index (χ1) is 11.6. The Labute approximate surface area is 152 Å². The molecule has 0 aliphatic rings. The summed E-state index contributed by atoms with van der Waals surface area (Å²) in [6.45, 7) is 6.19. The van der Waals surface area contributed by atoms with Crippen molar-refractivity contribution in [3.63, 3.8) is 0 Å². The van der Waals surface area contributed by atoms with Gasteiger partial charge in [-0.05, 0) is 67.9 Å². The number of benzene rings is 1. The van der Waals surface area contributed by atoms with Crippen molar-refractivity contribution in [3.8, 4) is 0 Å². The molecule has 4 nitrogen and oxygen atoms in total. The molecule has 0 bridgehead atoms. The molecular formula is C18H21N3OS2. The largest absolute Gasteiger partial charge is 0.372 e. The van der Waals surface area contributed by atoms with Crippen molar-refractivity contribution in [1.29, 1.82) is 0 Å². The van der Waals surface area contributed by atoms with Crippen LogP contribution in [-0.4, -0.2) is 24.1 Å². The SMILES string of the molecule is CCN(CC)c1ccc(NC(=S)NC(=O)C=Cc2cccs2)cc1. The zero-order chi connectivity index (χ0) is 17.4. The lowest BCUT2D eigenvalue weighted by atomic mass is 10.2. The van der Waals surface area contributed by atoms with Crippen LogP contribution in [0.15, 0.2) is 47.9 Å². The number of amides is 1. The van der Waals surface area contributed by atoms with Crippen molar-refractivity contribution in [2.75, 3.05) is 23.3 Å². The summed E-state index contributed by atoms with van der Waals surface area (Å²) in [5.74, 6) is -0.249. The number of nitrogens with one attached hydrogen (secondary N) is 2. The molecule has 0 atom stereocenters. The van der Waals surface area contributed by atoms with Gasteiger partial charge in [-0.1, -0.05) is 6.07 Å². The van der Waals surface area contributed by atoms with E-state index < -0.39 is 0 Å². The molecule has 6 heteroatoms. The molecule has 0 radical (unpaired) electrons. The monoisotopic (exact) mass is 359 g/mol. The van der Waals surface area contributed by atoms with E-state index in [1.807, 2.05) is 41.8 Å². The molecule has 0 saturated heterocycles. The zero-order valence-electron chi connectivity index (χ0n) is 13.8. The highest BCUT2D eigenvalue weighted by Gasteiger charge is 2.04. The quantitative estimate of drug-likeness (QED) is 0.601. The molecule has 0 unspecified atom stereocenters. The number of hydrogen-bond acceptors (Lipinski definition) is 4. The van der Waals surface area contributed by atoms with Gasteiger partial charge in [0.25, 0.3) is 0 Å². The van der Waals surface area contributed by atoms with E-state index in [-0.39, 0.29) is 11.0 Å². The fourth-order valence-corrected chi connectivity index (χ4v) is 3.04. The van der Waals surface area contributed by atoms with E-state index in [0.29, 0.717) is 0 Å². The molecule has 0 aliphatic carbocycles. The minimum atomic E-state index is -0.249. The summed E-state index contributed by atoms with van der Waals surface area (Å²) in [4.78, 5) is 15.1. The van der Waals surface area contributed by atoms with E-state index in [2.05, 4.69) is 29.4 Å². The van der Waals surface area contributed by atoms with Crippen molar-refractivity contribution in [3.05, 3.63) is 52.7 Å². The van der Waals surface area contributed by atoms with Gasteiger partial charge in [0, 0.05) is 35.4 Å². The molecule has 2 N–H and O–H groups in total. The maximum absolute atomic E-state index is 11.8. The van der Waals surface area contributed by atoms with Gasteiger partial charge in [-0.2, -0.15) is 0 Å². The summed E-state index contributed by atoms with van der Waals surface area (Å²) >= 11 is 6.75. The lowest BCUT2D eigenvalue weighted by Crippen LogP contribution is -2.32. The number of nitrogens with zero attached hydrogens (tertiary/aromatic N) is 1. The lowest BCUT2D eigenvalue weighted by Gasteiger charge is -2.21. The Kier molecular flexibility index (Phi) is 6.96. The summed E-state index contributed by atoms with van der Waals surface area (Å²) in [6.07, 6.45) is 3.24. The third-order valence-corrected chi connectivity index (χ3v) is 4.47.